The van der Waals surface area contributed by atoms with Crippen molar-refractivity contribution in [2.75, 3.05) is 6.61 Å². The number of rotatable bonds is 5. The van der Waals surface area contributed by atoms with Gasteiger partial charge in [-0.05, 0) is 12.0 Å². The number of ether oxygens (including phenoxy) is 1. The molecule has 1 N–H and O–H groups in total. The largest absolute Gasteiger partial charge is 0.394 e. The van der Waals surface area contributed by atoms with E-state index in [4.69, 9.17) is 9.84 Å². The van der Waals surface area contributed by atoms with E-state index in [0.29, 0.717) is 6.61 Å². The molecule has 0 radical (unpaired) electrons. The molecule has 0 amide bonds. The Hall–Kier alpha value is -0.860. The number of hydrogen-bond donors (Lipinski definition) is 1. The van der Waals surface area contributed by atoms with Gasteiger partial charge in [0.05, 0.1) is 19.3 Å². The van der Waals surface area contributed by atoms with Crippen LogP contribution in [-0.4, -0.2) is 17.8 Å². The molecule has 2 nitrogen and oxygen atoms in total. The molecular weight excluding hydrogens is 164 g/mol. The van der Waals surface area contributed by atoms with Crippen molar-refractivity contribution in [1.82, 2.24) is 0 Å². The molecule has 0 aliphatic heterocycles. The summed E-state index contributed by atoms with van der Waals surface area (Å²) in [7, 11) is 0. The standard InChI is InChI=1S/C11H16O2/c1-2-11(8-12)13-9-10-6-4-3-5-7-10/h3-7,11-12H,2,8-9H2,1H3/t11-/m0/s1. The van der Waals surface area contributed by atoms with Gasteiger partial charge in [0.1, 0.15) is 0 Å². The molecule has 72 valence electrons. The van der Waals surface area contributed by atoms with Crippen molar-refractivity contribution in [3.05, 3.63) is 35.9 Å². The van der Waals surface area contributed by atoms with Gasteiger partial charge in [-0.25, -0.2) is 0 Å². The average molecular weight is 180 g/mol. The third-order valence-electron chi connectivity index (χ3n) is 1.99. The lowest BCUT2D eigenvalue weighted by Crippen LogP contribution is -2.15. The second kappa shape index (κ2) is 5.73. The maximum absolute atomic E-state index is 8.88. The lowest BCUT2D eigenvalue weighted by molar-refractivity contribution is 0.000765. The number of hydrogen-bond acceptors (Lipinski definition) is 2. The summed E-state index contributed by atoms with van der Waals surface area (Å²) in [5.74, 6) is 0. The summed E-state index contributed by atoms with van der Waals surface area (Å²) < 4.78 is 5.48. The minimum Gasteiger partial charge on any atom is -0.394 e. The van der Waals surface area contributed by atoms with E-state index in [1.54, 1.807) is 0 Å². The first-order valence-electron chi connectivity index (χ1n) is 4.63. The molecular formula is C11H16O2. The summed E-state index contributed by atoms with van der Waals surface area (Å²) in [5, 5.41) is 8.88. The van der Waals surface area contributed by atoms with Gasteiger partial charge in [0.15, 0.2) is 0 Å². The highest BCUT2D eigenvalue weighted by Gasteiger charge is 2.03. The summed E-state index contributed by atoms with van der Waals surface area (Å²) in [6.07, 6.45) is 0.823. The van der Waals surface area contributed by atoms with E-state index < -0.39 is 0 Å². The molecule has 0 aliphatic rings. The summed E-state index contributed by atoms with van der Waals surface area (Å²) in [5.41, 5.74) is 1.15. The van der Waals surface area contributed by atoms with Crippen LogP contribution in [0.25, 0.3) is 0 Å². The Morgan fingerprint density at radius 2 is 2.00 bits per heavy atom. The van der Waals surface area contributed by atoms with Crippen LogP contribution < -0.4 is 0 Å². The van der Waals surface area contributed by atoms with Crippen molar-refractivity contribution in [1.29, 1.82) is 0 Å². The molecule has 1 rings (SSSR count). The zero-order valence-electron chi connectivity index (χ0n) is 7.94. The van der Waals surface area contributed by atoms with Gasteiger partial charge in [0.25, 0.3) is 0 Å². The zero-order chi connectivity index (χ0) is 9.52. The quantitative estimate of drug-likeness (QED) is 0.750. The maximum Gasteiger partial charge on any atom is 0.0807 e. The predicted molar refractivity (Wildman–Crippen MR) is 52.4 cm³/mol. The fraction of sp³-hybridized carbons (Fsp3) is 0.455. The first-order chi connectivity index (χ1) is 6.36. The van der Waals surface area contributed by atoms with Gasteiger partial charge in [0.2, 0.25) is 0 Å². The fourth-order valence-electron chi connectivity index (χ4n) is 1.09. The second-order valence-corrected chi connectivity index (χ2v) is 3.01. The third kappa shape index (κ3) is 3.57. The van der Waals surface area contributed by atoms with Gasteiger partial charge < -0.3 is 9.84 Å². The van der Waals surface area contributed by atoms with E-state index in [-0.39, 0.29) is 12.7 Å². The van der Waals surface area contributed by atoms with Gasteiger partial charge in [-0.3, -0.25) is 0 Å². The van der Waals surface area contributed by atoms with E-state index in [1.807, 2.05) is 37.3 Å². The molecule has 0 saturated heterocycles. The summed E-state index contributed by atoms with van der Waals surface area (Å²) in [4.78, 5) is 0. The Morgan fingerprint density at radius 1 is 1.31 bits per heavy atom. The molecule has 0 spiro atoms. The molecule has 0 unspecified atom stereocenters. The van der Waals surface area contributed by atoms with Gasteiger partial charge in [-0.2, -0.15) is 0 Å². The highest BCUT2D eigenvalue weighted by molar-refractivity contribution is 5.13. The van der Waals surface area contributed by atoms with Crippen LogP contribution in [0.3, 0.4) is 0 Å². The van der Waals surface area contributed by atoms with Crippen LogP contribution in [0.5, 0.6) is 0 Å². The molecule has 1 atom stereocenters. The monoisotopic (exact) mass is 180 g/mol. The molecule has 2 heteroatoms. The van der Waals surface area contributed by atoms with E-state index in [9.17, 15) is 0 Å². The van der Waals surface area contributed by atoms with E-state index >= 15 is 0 Å². The van der Waals surface area contributed by atoms with Crippen LogP contribution in [0.1, 0.15) is 18.9 Å². The number of aliphatic hydroxyl groups is 1. The highest BCUT2D eigenvalue weighted by atomic mass is 16.5. The van der Waals surface area contributed by atoms with Gasteiger partial charge in [-0.15, -0.1) is 0 Å². The van der Waals surface area contributed by atoms with Crippen LogP contribution in [0.4, 0.5) is 0 Å². The molecule has 0 bridgehead atoms. The molecule has 0 fully saturated rings. The Bertz CT molecular complexity index is 217. The minimum atomic E-state index is -0.0276. The number of aliphatic hydroxyl groups excluding tert-OH is 1. The predicted octanol–water partition coefficient (Wildman–Crippen LogP) is 1.97. The molecule has 1 aromatic carbocycles. The van der Waals surface area contributed by atoms with Crippen LogP contribution in [0.15, 0.2) is 30.3 Å². The summed E-state index contributed by atoms with van der Waals surface area (Å²) in [6, 6.07) is 9.98. The first kappa shape index (κ1) is 10.2. The van der Waals surface area contributed by atoms with Crippen LogP contribution in [0, 0.1) is 0 Å². The Balaban J connectivity index is 2.34. The summed E-state index contributed by atoms with van der Waals surface area (Å²) >= 11 is 0. The van der Waals surface area contributed by atoms with Gasteiger partial charge >= 0.3 is 0 Å². The van der Waals surface area contributed by atoms with E-state index in [2.05, 4.69) is 0 Å². The second-order valence-electron chi connectivity index (χ2n) is 3.01. The zero-order valence-corrected chi connectivity index (χ0v) is 7.94. The van der Waals surface area contributed by atoms with Crippen molar-refractivity contribution in [2.45, 2.75) is 26.1 Å². The van der Waals surface area contributed by atoms with E-state index in [0.717, 1.165) is 12.0 Å². The van der Waals surface area contributed by atoms with Crippen molar-refractivity contribution >= 4 is 0 Å². The fourth-order valence-corrected chi connectivity index (χ4v) is 1.09. The molecule has 0 aliphatic carbocycles. The lowest BCUT2D eigenvalue weighted by Gasteiger charge is -2.12. The van der Waals surface area contributed by atoms with Crippen molar-refractivity contribution in [3.63, 3.8) is 0 Å². The number of benzene rings is 1. The smallest absolute Gasteiger partial charge is 0.0807 e. The van der Waals surface area contributed by atoms with Gasteiger partial charge in [-0.1, -0.05) is 37.3 Å². The van der Waals surface area contributed by atoms with Crippen molar-refractivity contribution < 1.29 is 9.84 Å². The Labute approximate surface area is 79.2 Å². The highest BCUT2D eigenvalue weighted by Crippen LogP contribution is 2.04. The summed E-state index contributed by atoms with van der Waals surface area (Å²) in [6.45, 7) is 2.69. The minimum absolute atomic E-state index is 0.0276. The molecule has 0 aromatic heterocycles. The van der Waals surface area contributed by atoms with Crippen LogP contribution in [0.2, 0.25) is 0 Å². The van der Waals surface area contributed by atoms with Crippen LogP contribution in [-0.2, 0) is 11.3 Å². The Kier molecular flexibility index (Phi) is 4.50. The molecule has 13 heavy (non-hydrogen) atoms. The normalized spacial score (nSPS) is 12.8. The topological polar surface area (TPSA) is 29.5 Å². The third-order valence-corrected chi connectivity index (χ3v) is 1.99. The van der Waals surface area contributed by atoms with E-state index in [1.165, 1.54) is 0 Å². The maximum atomic E-state index is 8.88. The van der Waals surface area contributed by atoms with Gasteiger partial charge in [0, 0.05) is 0 Å². The average Bonchev–Trinajstić information content (AvgIpc) is 2.21. The first-order valence-corrected chi connectivity index (χ1v) is 4.63. The van der Waals surface area contributed by atoms with Crippen LogP contribution >= 0.6 is 0 Å². The molecule has 0 saturated carbocycles. The SMILES string of the molecule is CC[C@@H](CO)OCc1ccccc1. The van der Waals surface area contributed by atoms with Crippen molar-refractivity contribution in [2.24, 2.45) is 0 Å². The molecule has 1 aromatic rings. The Morgan fingerprint density at radius 3 is 2.54 bits per heavy atom. The van der Waals surface area contributed by atoms with Crippen molar-refractivity contribution in [3.8, 4) is 0 Å². The molecule has 0 heterocycles. The lowest BCUT2D eigenvalue weighted by atomic mass is 10.2.